The van der Waals surface area contributed by atoms with Crippen molar-refractivity contribution in [1.82, 2.24) is 24.6 Å². The number of rotatable bonds is 8. The van der Waals surface area contributed by atoms with Crippen LogP contribution in [0.5, 0.6) is 5.75 Å². The highest BCUT2D eigenvalue weighted by molar-refractivity contribution is 6.32. The monoisotopic (exact) mass is 490 g/mol. The number of nitriles is 1. The van der Waals surface area contributed by atoms with Crippen molar-refractivity contribution in [3.05, 3.63) is 47.7 Å². The van der Waals surface area contributed by atoms with E-state index in [-0.39, 0.29) is 11.9 Å². The summed E-state index contributed by atoms with van der Waals surface area (Å²) < 4.78 is 7.13. The lowest BCUT2D eigenvalue weighted by atomic mass is 10.1. The van der Waals surface area contributed by atoms with E-state index in [9.17, 15) is 10.1 Å². The minimum absolute atomic E-state index is 0.0320. The lowest BCUT2D eigenvalue weighted by Crippen LogP contribution is -2.44. The van der Waals surface area contributed by atoms with E-state index in [1.807, 2.05) is 33.8 Å². The smallest absolute Gasteiger partial charge is 0.243 e. The zero-order chi connectivity index (χ0) is 24.4. The molecule has 2 aromatic heterocycles. The Hall–Kier alpha value is -3.44. The lowest BCUT2D eigenvalue weighted by molar-refractivity contribution is -0.137. The van der Waals surface area contributed by atoms with Crippen LogP contribution in [0.25, 0.3) is 22.8 Å². The first kappa shape index (κ1) is 23.3. The molecular weight excluding hydrogens is 464 g/mol. The minimum Gasteiger partial charge on any atom is -0.495 e. The van der Waals surface area contributed by atoms with Crippen LogP contribution in [0.2, 0.25) is 5.02 Å². The summed E-state index contributed by atoms with van der Waals surface area (Å²) in [7, 11) is 1.58. The van der Waals surface area contributed by atoms with E-state index < -0.39 is 5.41 Å². The first-order valence-corrected chi connectivity index (χ1v) is 12.3. The van der Waals surface area contributed by atoms with E-state index in [0.29, 0.717) is 48.4 Å². The highest BCUT2D eigenvalue weighted by Crippen LogP contribution is 2.47. The van der Waals surface area contributed by atoms with Crippen molar-refractivity contribution in [1.29, 1.82) is 5.26 Å². The Morgan fingerprint density at radius 1 is 1.23 bits per heavy atom. The predicted octanol–water partition coefficient (Wildman–Crippen LogP) is 4.74. The van der Waals surface area contributed by atoms with Crippen molar-refractivity contribution >= 4 is 17.5 Å². The van der Waals surface area contributed by atoms with Gasteiger partial charge in [-0.05, 0) is 56.0 Å². The quantitative estimate of drug-likeness (QED) is 0.452. The number of hydrogen-bond donors (Lipinski definition) is 0. The van der Waals surface area contributed by atoms with Crippen LogP contribution in [-0.2, 0) is 11.3 Å². The molecule has 0 radical (unpaired) electrons. The summed E-state index contributed by atoms with van der Waals surface area (Å²) >= 11 is 6.41. The maximum Gasteiger partial charge on any atom is 0.243 e. The topological polar surface area (TPSA) is 96.9 Å². The van der Waals surface area contributed by atoms with Gasteiger partial charge in [0, 0.05) is 36.1 Å². The normalized spacial score (nSPS) is 16.6. The van der Waals surface area contributed by atoms with Gasteiger partial charge in [0.05, 0.1) is 24.7 Å². The van der Waals surface area contributed by atoms with Crippen LogP contribution < -0.4 is 4.74 Å². The van der Waals surface area contributed by atoms with Crippen LogP contribution in [0.1, 0.15) is 38.5 Å². The number of benzene rings is 1. The Morgan fingerprint density at radius 2 is 1.97 bits per heavy atom. The van der Waals surface area contributed by atoms with Crippen molar-refractivity contribution < 1.29 is 9.53 Å². The lowest BCUT2D eigenvalue weighted by Gasteiger charge is -2.31. The van der Waals surface area contributed by atoms with Gasteiger partial charge in [-0.1, -0.05) is 24.4 Å². The number of carbonyl (C=O) groups is 1. The molecule has 1 aromatic carbocycles. The maximum absolute atomic E-state index is 13.4. The number of methoxy groups -OCH3 is 1. The summed E-state index contributed by atoms with van der Waals surface area (Å²) in [5, 5.41) is 14.9. The number of hydrogen-bond acceptors (Lipinski definition) is 6. The first-order valence-electron chi connectivity index (χ1n) is 12.0. The van der Waals surface area contributed by atoms with Crippen LogP contribution in [0, 0.1) is 16.7 Å². The number of ether oxygens (including phenoxy) is 1. The highest BCUT2D eigenvalue weighted by atomic mass is 35.5. The number of carbonyl (C=O) groups excluding carboxylic acids is 1. The fraction of sp³-hybridized carbons (Fsp3) is 0.423. The second-order valence-electron chi connectivity index (χ2n) is 9.20. The van der Waals surface area contributed by atoms with E-state index in [1.165, 1.54) is 0 Å². The summed E-state index contributed by atoms with van der Waals surface area (Å²) in [4.78, 5) is 24.2. The summed E-state index contributed by atoms with van der Waals surface area (Å²) in [6.45, 7) is 0.934. The molecule has 2 saturated carbocycles. The number of halogens is 1. The van der Waals surface area contributed by atoms with Gasteiger partial charge in [0.25, 0.3) is 0 Å². The summed E-state index contributed by atoms with van der Waals surface area (Å²) in [6, 6.07) is 11.7. The number of amides is 1. The molecule has 2 aliphatic carbocycles. The molecule has 35 heavy (non-hydrogen) atoms. The molecule has 2 heterocycles. The SMILES string of the molecule is COc1ccc(-c2nc(-c3ccncc3)nn2CCN(C(=O)C2(C#N)CC2)C2CCCC2)cc1Cl. The van der Waals surface area contributed by atoms with Crippen LogP contribution in [0.15, 0.2) is 42.7 Å². The first-order chi connectivity index (χ1) is 17.0. The fourth-order valence-electron chi connectivity index (χ4n) is 4.78. The van der Waals surface area contributed by atoms with Gasteiger partial charge in [0.15, 0.2) is 11.6 Å². The molecule has 8 nitrogen and oxygen atoms in total. The van der Waals surface area contributed by atoms with Crippen molar-refractivity contribution in [3.8, 4) is 34.6 Å². The molecule has 2 aliphatic rings. The molecule has 180 valence electrons. The van der Waals surface area contributed by atoms with Crippen LogP contribution in [0.4, 0.5) is 0 Å². The Bertz CT molecular complexity index is 1260. The zero-order valence-corrected chi connectivity index (χ0v) is 20.4. The standard InChI is InChI=1S/C26H27ClN6O2/c1-35-22-7-6-19(16-21(22)27)24-30-23(18-8-12-29-13-9-18)31-33(24)15-14-32(20-4-2-3-5-20)25(34)26(17-28)10-11-26/h6-9,12-13,16,20H,2-5,10-11,14-15H2,1H3. The van der Waals surface area contributed by atoms with Crippen molar-refractivity contribution in [2.24, 2.45) is 5.41 Å². The van der Waals surface area contributed by atoms with Gasteiger partial charge in [-0.15, -0.1) is 0 Å². The van der Waals surface area contributed by atoms with Crippen LogP contribution in [0.3, 0.4) is 0 Å². The molecule has 0 atom stereocenters. The largest absolute Gasteiger partial charge is 0.495 e. The molecule has 0 spiro atoms. The van der Waals surface area contributed by atoms with Gasteiger partial charge < -0.3 is 9.64 Å². The van der Waals surface area contributed by atoms with Gasteiger partial charge in [-0.3, -0.25) is 9.78 Å². The Labute approximate surface area is 209 Å². The zero-order valence-electron chi connectivity index (χ0n) is 19.7. The second kappa shape index (κ2) is 9.67. The molecule has 0 saturated heterocycles. The molecule has 2 fully saturated rings. The Kier molecular flexibility index (Phi) is 6.44. The van der Waals surface area contributed by atoms with Crippen molar-refractivity contribution in [2.75, 3.05) is 13.7 Å². The van der Waals surface area contributed by atoms with Gasteiger partial charge in [0.1, 0.15) is 11.2 Å². The predicted molar refractivity (Wildman–Crippen MR) is 131 cm³/mol. The minimum atomic E-state index is -0.834. The Balaban J connectivity index is 1.48. The van der Waals surface area contributed by atoms with Gasteiger partial charge in [0.2, 0.25) is 5.91 Å². The third-order valence-electron chi connectivity index (χ3n) is 6.97. The average Bonchev–Trinajstić information content (AvgIpc) is 3.28. The highest BCUT2D eigenvalue weighted by Gasteiger charge is 2.53. The third kappa shape index (κ3) is 4.61. The molecule has 0 bridgehead atoms. The molecule has 9 heteroatoms. The second-order valence-corrected chi connectivity index (χ2v) is 9.61. The van der Waals surface area contributed by atoms with Gasteiger partial charge >= 0.3 is 0 Å². The van der Waals surface area contributed by atoms with Crippen LogP contribution in [-0.4, -0.2) is 50.3 Å². The van der Waals surface area contributed by atoms with Crippen LogP contribution >= 0.6 is 11.6 Å². The molecule has 3 aromatic rings. The van der Waals surface area contributed by atoms with E-state index in [1.54, 1.807) is 25.6 Å². The Morgan fingerprint density at radius 3 is 2.60 bits per heavy atom. The molecule has 0 N–H and O–H groups in total. The molecule has 1 amide bonds. The molecule has 5 rings (SSSR count). The van der Waals surface area contributed by atoms with E-state index >= 15 is 0 Å². The van der Waals surface area contributed by atoms with E-state index in [2.05, 4.69) is 11.1 Å². The van der Waals surface area contributed by atoms with E-state index in [0.717, 1.165) is 36.8 Å². The molecular formula is C26H27ClN6O2. The fourth-order valence-corrected chi connectivity index (χ4v) is 5.04. The number of aromatic nitrogens is 4. The molecule has 0 aliphatic heterocycles. The average molecular weight is 491 g/mol. The van der Waals surface area contributed by atoms with Gasteiger partial charge in [-0.2, -0.15) is 10.4 Å². The number of nitrogens with zero attached hydrogens (tertiary/aromatic N) is 6. The number of pyridine rings is 1. The maximum atomic E-state index is 13.4. The van der Waals surface area contributed by atoms with E-state index in [4.69, 9.17) is 26.4 Å². The summed E-state index contributed by atoms with van der Waals surface area (Å²) in [6.07, 6.45) is 8.89. The van der Waals surface area contributed by atoms with Crippen molar-refractivity contribution in [3.63, 3.8) is 0 Å². The third-order valence-corrected chi connectivity index (χ3v) is 7.27. The summed E-state index contributed by atoms with van der Waals surface area (Å²) in [5.74, 6) is 1.78. The summed E-state index contributed by atoms with van der Waals surface area (Å²) in [5.41, 5.74) is 0.822. The van der Waals surface area contributed by atoms with Gasteiger partial charge in [-0.25, -0.2) is 9.67 Å². The molecule has 0 unspecified atom stereocenters. The van der Waals surface area contributed by atoms with Crippen molar-refractivity contribution in [2.45, 2.75) is 51.1 Å².